The predicted molar refractivity (Wildman–Crippen MR) is 51.5 cm³/mol. The van der Waals surface area contributed by atoms with Gasteiger partial charge in [-0.3, -0.25) is 9.59 Å². The van der Waals surface area contributed by atoms with Gasteiger partial charge in [0, 0.05) is 6.54 Å². The summed E-state index contributed by atoms with van der Waals surface area (Å²) in [5, 5.41) is 8.55. The fourth-order valence-electron chi connectivity index (χ4n) is 2.25. The minimum Gasteiger partial charge on any atom is -0.329 e. The first-order valence-electron chi connectivity index (χ1n) is 5.19. The van der Waals surface area contributed by atoms with Crippen molar-refractivity contribution in [1.82, 2.24) is 9.80 Å². The van der Waals surface area contributed by atoms with E-state index in [2.05, 4.69) is 0 Å². The van der Waals surface area contributed by atoms with Gasteiger partial charge in [0.25, 0.3) is 0 Å². The minimum absolute atomic E-state index is 0.0189. The molecule has 80 valence electrons. The Labute approximate surface area is 88.2 Å². The Bertz CT molecular complexity index is 334. The average Bonchev–Trinajstić information content (AvgIpc) is 2.26. The zero-order valence-corrected chi connectivity index (χ0v) is 8.48. The molecular weight excluding hydrogens is 194 g/mol. The molecule has 0 bridgehead atoms. The number of hydrogen-bond acceptors (Lipinski definition) is 3. The first kappa shape index (κ1) is 9.97. The van der Waals surface area contributed by atoms with Gasteiger partial charge in [-0.1, -0.05) is 0 Å². The molecule has 0 aromatic carbocycles. The van der Waals surface area contributed by atoms with Gasteiger partial charge in [-0.2, -0.15) is 5.26 Å². The van der Waals surface area contributed by atoms with Crippen molar-refractivity contribution < 1.29 is 9.59 Å². The van der Waals surface area contributed by atoms with Crippen LogP contribution in [0.4, 0.5) is 0 Å². The lowest BCUT2D eigenvalue weighted by atomic mass is 9.98. The molecule has 2 aliphatic rings. The highest BCUT2D eigenvalue weighted by atomic mass is 16.2. The van der Waals surface area contributed by atoms with E-state index < -0.39 is 0 Å². The van der Waals surface area contributed by atoms with Gasteiger partial charge in [0.05, 0.1) is 6.07 Å². The number of carbonyl (C=O) groups excluding carboxylic acids is 2. The predicted octanol–water partition coefficient (Wildman–Crippen LogP) is -0.267. The number of rotatable bonds is 1. The Kier molecular flexibility index (Phi) is 2.58. The molecule has 5 nitrogen and oxygen atoms in total. The Morgan fingerprint density at radius 3 is 2.93 bits per heavy atom. The Balaban J connectivity index is 2.15. The molecule has 0 aromatic heterocycles. The van der Waals surface area contributed by atoms with Gasteiger partial charge in [-0.25, -0.2) is 0 Å². The van der Waals surface area contributed by atoms with Crippen molar-refractivity contribution in [2.75, 3.05) is 19.6 Å². The van der Waals surface area contributed by atoms with Gasteiger partial charge in [-0.15, -0.1) is 0 Å². The zero-order chi connectivity index (χ0) is 10.8. The van der Waals surface area contributed by atoms with Gasteiger partial charge in [0.2, 0.25) is 11.8 Å². The van der Waals surface area contributed by atoms with Crippen LogP contribution in [-0.4, -0.2) is 47.3 Å². The smallest absolute Gasteiger partial charge is 0.246 e. The summed E-state index contributed by atoms with van der Waals surface area (Å²) in [5.41, 5.74) is 0. The van der Waals surface area contributed by atoms with Crippen molar-refractivity contribution in [2.45, 2.75) is 25.3 Å². The maximum atomic E-state index is 11.9. The molecule has 0 saturated carbocycles. The Hall–Kier alpha value is -1.57. The summed E-state index contributed by atoms with van der Waals surface area (Å²) < 4.78 is 0. The van der Waals surface area contributed by atoms with E-state index in [9.17, 15) is 9.59 Å². The molecule has 0 N–H and O–H groups in total. The molecule has 5 heteroatoms. The van der Waals surface area contributed by atoms with E-state index in [0.29, 0.717) is 6.54 Å². The number of nitriles is 1. The van der Waals surface area contributed by atoms with Crippen molar-refractivity contribution in [1.29, 1.82) is 5.26 Å². The number of piperidine rings is 1. The fourth-order valence-corrected chi connectivity index (χ4v) is 2.25. The summed E-state index contributed by atoms with van der Waals surface area (Å²) >= 11 is 0. The third-order valence-corrected chi connectivity index (χ3v) is 3.01. The normalized spacial score (nSPS) is 26.2. The molecule has 15 heavy (non-hydrogen) atoms. The van der Waals surface area contributed by atoms with E-state index in [1.807, 2.05) is 6.07 Å². The molecule has 2 amide bonds. The largest absolute Gasteiger partial charge is 0.329 e. The number of piperazine rings is 1. The van der Waals surface area contributed by atoms with Crippen LogP contribution in [0.3, 0.4) is 0 Å². The Morgan fingerprint density at radius 2 is 2.20 bits per heavy atom. The van der Waals surface area contributed by atoms with Crippen LogP contribution in [0.2, 0.25) is 0 Å². The zero-order valence-electron chi connectivity index (χ0n) is 8.48. The monoisotopic (exact) mass is 207 g/mol. The number of amides is 2. The summed E-state index contributed by atoms with van der Waals surface area (Å²) in [4.78, 5) is 26.6. The molecule has 0 spiro atoms. The molecule has 1 atom stereocenters. The van der Waals surface area contributed by atoms with E-state index in [0.717, 1.165) is 19.3 Å². The molecule has 2 heterocycles. The highest BCUT2D eigenvalue weighted by Gasteiger charge is 2.39. The third-order valence-electron chi connectivity index (χ3n) is 3.01. The molecule has 2 aliphatic heterocycles. The lowest BCUT2D eigenvalue weighted by Gasteiger charge is -2.42. The van der Waals surface area contributed by atoms with Crippen molar-refractivity contribution in [2.24, 2.45) is 0 Å². The van der Waals surface area contributed by atoms with Crippen molar-refractivity contribution in [3.05, 3.63) is 0 Å². The molecule has 0 radical (unpaired) electrons. The van der Waals surface area contributed by atoms with Gasteiger partial charge < -0.3 is 9.80 Å². The second-order valence-electron chi connectivity index (χ2n) is 3.95. The first-order valence-corrected chi connectivity index (χ1v) is 5.19. The molecule has 2 saturated heterocycles. The Morgan fingerprint density at radius 1 is 1.40 bits per heavy atom. The van der Waals surface area contributed by atoms with Crippen LogP contribution >= 0.6 is 0 Å². The topological polar surface area (TPSA) is 64.4 Å². The van der Waals surface area contributed by atoms with Crippen molar-refractivity contribution in [3.8, 4) is 6.07 Å². The van der Waals surface area contributed by atoms with Crippen molar-refractivity contribution >= 4 is 11.8 Å². The molecule has 0 aliphatic carbocycles. The second-order valence-corrected chi connectivity index (χ2v) is 3.95. The van der Waals surface area contributed by atoms with Crippen LogP contribution in [0.1, 0.15) is 19.3 Å². The summed E-state index contributed by atoms with van der Waals surface area (Å²) in [6.45, 7) is 0.785. The van der Waals surface area contributed by atoms with Crippen molar-refractivity contribution in [3.63, 3.8) is 0 Å². The van der Waals surface area contributed by atoms with Crippen LogP contribution in [0.25, 0.3) is 0 Å². The van der Waals surface area contributed by atoms with Crippen LogP contribution < -0.4 is 0 Å². The SMILES string of the molecule is N#CCN1CC(=O)N2CCCCC2C1=O. The molecular formula is C10H13N3O2. The lowest BCUT2D eigenvalue weighted by molar-refractivity contribution is -0.157. The highest BCUT2D eigenvalue weighted by Crippen LogP contribution is 2.22. The van der Waals surface area contributed by atoms with Gasteiger partial charge >= 0.3 is 0 Å². The average molecular weight is 207 g/mol. The molecule has 0 aromatic rings. The third kappa shape index (κ3) is 1.67. The van der Waals surface area contributed by atoms with Crippen LogP contribution in [0.5, 0.6) is 0 Å². The van der Waals surface area contributed by atoms with Gasteiger partial charge in [0.15, 0.2) is 0 Å². The molecule has 2 rings (SSSR count). The minimum atomic E-state index is -0.298. The van der Waals surface area contributed by atoms with E-state index in [1.54, 1.807) is 4.90 Å². The standard InChI is InChI=1S/C10H13N3O2/c11-4-6-12-7-9(14)13-5-2-1-3-8(13)10(12)15/h8H,1-3,5-7H2. The van der Waals surface area contributed by atoms with E-state index in [-0.39, 0.29) is 30.9 Å². The number of hydrogen-bond donors (Lipinski definition) is 0. The maximum Gasteiger partial charge on any atom is 0.246 e. The number of carbonyl (C=O) groups is 2. The lowest BCUT2D eigenvalue weighted by Crippen LogP contribution is -2.61. The fraction of sp³-hybridized carbons (Fsp3) is 0.700. The van der Waals surface area contributed by atoms with E-state index in [1.165, 1.54) is 4.90 Å². The first-order chi connectivity index (χ1) is 7.24. The summed E-state index contributed by atoms with van der Waals surface area (Å²) in [7, 11) is 0. The molecule has 2 fully saturated rings. The van der Waals surface area contributed by atoms with E-state index in [4.69, 9.17) is 5.26 Å². The van der Waals surface area contributed by atoms with Crippen LogP contribution in [-0.2, 0) is 9.59 Å². The summed E-state index contributed by atoms with van der Waals surface area (Å²) in [6.07, 6.45) is 2.71. The second kappa shape index (κ2) is 3.89. The van der Waals surface area contributed by atoms with Crippen LogP contribution in [0, 0.1) is 11.3 Å². The maximum absolute atomic E-state index is 11.9. The van der Waals surface area contributed by atoms with E-state index >= 15 is 0 Å². The summed E-state index contributed by atoms with van der Waals surface area (Å²) in [5.74, 6) is -0.0783. The highest BCUT2D eigenvalue weighted by molar-refractivity contribution is 5.95. The van der Waals surface area contributed by atoms with Gasteiger partial charge in [-0.05, 0) is 19.3 Å². The summed E-state index contributed by atoms with van der Waals surface area (Å²) in [6, 6.07) is 1.62. The quantitative estimate of drug-likeness (QED) is 0.556. The van der Waals surface area contributed by atoms with Gasteiger partial charge in [0.1, 0.15) is 19.1 Å². The number of nitrogens with zero attached hydrogens (tertiary/aromatic N) is 3. The number of fused-ring (bicyclic) bond motifs is 1. The molecule has 1 unspecified atom stereocenters. The van der Waals surface area contributed by atoms with Crippen LogP contribution in [0.15, 0.2) is 0 Å².